The van der Waals surface area contributed by atoms with Gasteiger partial charge in [0.2, 0.25) is 0 Å². The smallest absolute Gasteiger partial charge is 0.00907 e. The topological polar surface area (TPSA) is 0 Å². The van der Waals surface area contributed by atoms with Crippen molar-refractivity contribution in [2.75, 3.05) is 0 Å². The zero-order valence-electron chi connectivity index (χ0n) is 11.8. The van der Waals surface area contributed by atoms with Crippen molar-refractivity contribution in [2.24, 2.45) is 0 Å². The molecule has 99 valence electrons. The molecular formula is C18H27. The summed E-state index contributed by atoms with van der Waals surface area (Å²) in [6, 6.07) is 0. The quantitative estimate of drug-likeness (QED) is 0.497. The Morgan fingerprint density at radius 1 is 0.556 bits per heavy atom. The second-order valence-corrected chi connectivity index (χ2v) is 6.32. The highest BCUT2D eigenvalue weighted by Crippen LogP contribution is 2.40. The van der Waals surface area contributed by atoms with Crippen LogP contribution < -0.4 is 0 Å². The Balaban J connectivity index is 1.97. The van der Waals surface area contributed by atoms with Gasteiger partial charge in [-0.25, -0.2) is 0 Å². The van der Waals surface area contributed by atoms with Gasteiger partial charge in [0.25, 0.3) is 0 Å². The van der Waals surface area contributed by atoms with E-state index in [1.807, 2.05) is 16.7 Å². The normalized spacial score (nSPS) is 26.7. The molecule has 0 spiro atoms. The van der Waals surface area contributed by atoms with Crippen LogP contribution in [0, 0.1) is 6.42 Å². The van der Waals surface area contributed by atoms with Gasteiger partial charge in [0.15, 0.2) is 0 Å². The van der Waals surface area contributed by atoms with Crippen molar-refractivity contribution in [3.8, 4) is 0 Å². The van der Waals surface area contributed by atoms with E-state index in [0.717, 1.165) is 0 Å². The number of rotatable bonds is 0. The van der Waals surface area contributed by atoms with E-state index in [9.17, 15) is 0 Å². The average molecular weight is 243 g/mol. The molecule has 0 aromatic heterocycles. The molecule has 1 radical (unpaired) electrons. The molecule has 3 aliphatic rings. The minimum atomic E-state index is 1.33. The molecule has 3 rings (SSSR count). The Bertz CT molecular complexity index is 320. The van der Waals surface area contributed by atoms with Crippen LogP contribution in [0.2, 0.25) is 0 Å². The predicted octanol–water partition coefficient (Wildman–Crippen LogP) is 5.90. The third kappa shape index (κ3) is 2.73. The largest absolute Gasteiger partial charge is 0.0667 e. The summed E-state index contributed by atoms with van der Waals surface area (Å²) < 4.78 is 0. The minimum Gasteiger partial charge on any atom is -0.0667 e. The molecule has 18 heavy (non-hydrogen) atoms. The molecular weight excluding hydrogens is 216 g/mol. The first-order valence-corrected chi connectivity index (χ1v) is 8.21. The van der Waals surface area contributed by atoms with Gasteiger partial charge in [0.1, 0.15) is 0 Å². The minimum absolute atomic E-state index is 1.33. The van der Waals surface area contributed by atoms with Crippen LogP contribution in [0.1, 0.15) is 83.5 Å². The summed E-state index contributed by atoms with van der Waals surface area (Å²) in [6.45, 7) is 0. The van der Waals surface area contributed by atoms with Crippen molar-refractivity contribution < 1.29 is 0 Å². The van der Waals surface area contributed by atoms with Gasteiger partial charge in [0.05, 0.1) is 0 Å². The van der Waals surface area contributed by atoms with Gasteiger partial charge in [-0.2, -0.15) is 0 Å². The van der Waals surface area contributed by atoms with Crippen LogP contribution >= 0.6 is 0 Å². The zero-order valence-corrected chi connectivity index (χ0v) is 11.8. The lowest BCUT2D eigenvalue weighted by Gasteiger charge is -2.22. The summed E-state index contributed by atoms with van der Waals surface area (Å²) in [7, 11) is 0. The lowest BCUT2D eigenvalue weighted by atomic mass is 9.83. The summed E-state index contributed by atoms with van der Waals surface area (Å²) in [5, 5.41) is 0. The monoisotopic (exact) mass is 243 g/mol. The molecule has 0 heteroatoms. The highest BCUT2D eigenvalue weighted by Gasteiger charge is 2.21. The third-order valence-electron chi connectivity index (χ3n) is 5.03. The Labute approximate surface area is 113 Å². The lowest BCUT2D eigenvalue weighted by molar-refractivity contribution is 0.657. The third-order valence-corrected chi connectivity index (χ3v) is 5.03. The van der Waals surface area contributed by atoms with Gasteiger partial charge < -0.3 is 0 Å². The molecule has 3 aliphatic carbocycles. The van der Waals surface area contributed by atoms with E-state index in [1.165, 1.54) is 83.5 Å². The van der Waals surface area contributed by atoms with Crippen LogP contribution in [0.3, 0.4) is 0 Å². The van der Waals surface area contributed by atoms with E-state index in [-0.39, 0.29) is 0 Å². The molecule has 0 aromatic rings. The van der Waals surface area contributed by atoms with Crippen molar-refractivity contribution in [1.82, 2.24) is 0 Å². The zero-order chi connectivity index (χ0) is 12.2. The van der Waals surface area contributed by atoms with Crippen molar-refractivity contribution in [3.63, 3.8) is 0 Å². The van der Waals surface area contributed by atoms with Gasteiger partial charge in [0, 0.05) is 0 Å². The predicted molar refractivity (Wildman–Crippen MR) is 78.4 cm³/mol. The number of hydrogen-bond acceptors (Lipinski definition) is 0. The molecule has 0 saturated carbocycles. The highest BCUT2D eigenvalue weighted by atomic mass is 14.3. The van der Waals surface area contributed by atoms with E-state index in [0.29, 0.717) is 0 Å². The van der Waals surface area contributed by atoms with E-state index in [1.54, 1.807) is 5.57 Å². The molecule has 0 heterocycles. The number of hydrogen-bond donors (Lipinski definition) is 0. The summed E-state index contributed by atoms with van der Waals surface area (Å²) in [5.74, 6) is 0. The second kappa shape index (κ2) is 6.08. The van der Waals surface area contributed by atoms with Crippen LogP contribution in [-0.4, -0.2) is 0 Å². The van der Waals surface area contributed by atoms with Crippen LogP contribution in [0.15, 0.2) is 22.3 Å². The molecule has 0 bridgehead atoms. The van der Waals surface area contributed by atoms with Crippen LogP contribution in [0.25, 0.3) is 0 Å². The SMILES string of the molecule is [CH]1CCCCC2=C1C1=C(CCCCC1)CCCC2. The van der Waals surface area contributed by atoms with Crippen LogP contribution in [-0.2, 0) is 0 Å². The molecule has 0 aliphatic heterocycles. The first-order valence-electron chi connectivity index (χ1n) is 8.21. The molecule has 0 nitrogen and oxygen atoms in total. The second-order valence-electron chi connectivity index (χ2n) is 6.32. The average Bonchev–Trinajstić information content (AvgIpc) is 2.71. The summed E-state index contributed by atoms with van der Waals surface area (Å²) >= 11 is 0. The standard InChI is InChI=1S/C18H27/c1-3-9-15-11-7-8-12-16-10-4-2-6-14-18(16)17(15)13-5-1/h13H,1-12,14H2. The Kier molecular flexibility index (Phi) is 4.23. The van der Waals surface area contributed by atoms with Crippen LogP contribution in [0.5, 0.6) is 0 Å². The van der Waals surface area contributed by atoms with Crippen molar-refractivity contribution in [3.05, 3.63) is 28.7 Å². The Morgan fingerprint density at radius 2 is 1.17 bits per heavy atom. The van der Waals surface area contributed by atoms with Gasteiger partial charge in [-0.15, -0.1) is 0 Å². The van der Waals surface area contributed by atoms with Gasteiger partial charge >= 0.3 is 0 Å². The molecule has 0 fully saturated rings. The van der Waals surface area contributed by atoms with Gasteiger partial charge in [-0.05, 0) is 88.2 Å². The first kappa shape index (κ1) is 12.5. The fraction of sp³-hybridized carbons (Fsp3) is 0.722. The Hall–Kier alpha value is -0.520. The van der Waals surface area contributed by atoms with E-state index >= 15 is 0 Å². The Morgan fingerprint density at radius 3 is 2.00 bits per heavy atom. The molecule has 0 aromatic carbocycles. The van der Waals surface area contributed by atoms with Crippen molar-refractivity contribution >= 4 is 0 Å². The van der Waals surface area contributed by atoms with E-state index < -0.39 is 0 Å². The lowest BCUT2D eigenvalue weighted by Crippen LogP contribution is -2.03. The van der Waals surface area contributed by atoms with Crippen molar-refractivity contribution in [1.29, 1.82) is 0 Å². The highest BCUT2D eigenvalue weighted by molar-refractivity contribution is 5.45. The summed E-state index contributed by atoms with van der Waals surface area (Å²) in [4.78, 5) is 0. The molecule has 0 N–H and O–H groups in total. The first-order chi connectivity index (χ1) is 8.95. The maximum Gasteiger partial charge on any atom is -0.00907 e. The molecule has 0 amide bonds. The van der Waals surface area contributed by atoms with Gasteiger partial charge in [-0.3, -0.25) is 0 Å². The summed E-state index contributed by atoms with van der Waals surface area (Å²) in [5.41, 5.74) is 7.22. The van der Waals surface area contributed by atoms with Gasteiger partial charge in [-0.1, -0.05) is 24.0 Å². The summed E-state index contributed by atoms with van der Waals surface area (Å²) in [6.07, 6.45) is 21.0. The van der Waals surface area contributed by atoms with E-state index in [2.05, 4.69) is 6.42 Å². The molecule has 0 saturated heterocycles. The van der Waals surface area contributed by atoms with Crippen LogP contribution in [0.4, 0.5) is 0 Å². The van der Waals surface area contributed by atoms with E-state index in [4.69, 9.17) is 0 Å². The maximum atomic E-state index is 2.61. The number of fused-ring (bicyclic) bond motifs is 1. The fourth-order valence-corrected chi connectivity index (χ4v) is 4.03. The number of allylic oxidation sites excluding steroid dienone is 4. The molecule has 0 atom stereocenters. The maximum absolute atomic E-state index is 2.61. The molecule has 0 unspecified atom stereocenters. The van der Waals surface area contributed by atoms with Crippen molar-refractivity contribution in [2.45, 2.75) is 83.5 Å². The fourth-order valence-electron chi connectivity index (χ4n) is 4.03.